The normalized spacial score (nSPS) is 9.56. The van der Waals surface area contributed by atoms with Gasteiger partial charge in [-0.25, -0.2) is 0 Å². The van der Waals surface area contributed by atoms with Crippen molar-refractivity contribution in [2.45, 2.75) is 13.3 Å². The molecule has 0 aliphatic heterocycles. The van der Waals surface area contributed by atoms with E-state index in [1.807, 2.05) is 6.92 Å². The van der Waals surface area contributed by atoms with Gasteiger partial charge >= 0.3 is 0 Å². The van der Waals surface area contributed by atoms with Crippen molar-refractivity contribution in [2.24, 2.45) is 0 Å². The lowest BCUT2D eigenvalue weighted by atomic mass is 10.3. The number of carbonyl (C=O) groups excluding carboxylic acids is 1. The Morgan fingerprint density at radius 1 is 1.44 bits per heavy atom. The van der Waals surface area contributed by atoms with Gasteiger partial charge in [0.1, 0.15) is 18.8 Å². The van der Waals surface area contributed by atoms with Gasteiger partial charge in [-0.05, 0) is 19.1 Å². The minimum atomic E-state index is -0.330. The molecule has 0 radical (unpaired) electrons. The Balaban J connectivity index is 2.46. The van der Waals surface area contributed by atoms with Crippen molar-refractivity contribution in [3.05, 3.63) is 24.3 Å². The molecular weight excluding hydrogens is 232 g/mol. The maximum atomic E-state index is 11.2. The topological polar surface area (TPSA) is 71.3 Å². The molecule has 1 rings (SSSR count). The van der Waals surface area contributed by atoms with Gasteiger partial charge in [-0.1, -0.05) is 6.07 Å². The molecule has 0 saturated heterocycles. The van der Waals surface area contributed by atoms with Crippen LogP contribution in [0.15, 0.2) is 24.3 Å². The van der Waals surface area contributed by atoms with Crippen LogP contribution in [-0.2, 0) is 9.53 Å². The highest BCUT2D eigenvalue weighted by Gasteiger charge is 2.02. The van der Waals surface area contributed by atoms with Crippen molar-refractivity contribution in [1.29, 1.82) is 5.26 Å². The summed E-state index contributed by atoms with van der Waals surface area (Å²) in [5.74, 6) is 0.327. The molecule has 0 heterocycles. The van der Waals surface area contributed by atoms with Gasteiger partial charge in [0.25, 0.3) is 0 Å². The van der Waals surface area contributed by atoms with Gasteiger partial charge in [-0.2, -0.15) is 5.26 Å². The van der Waals surface area contributed by atoms with Gasteiger partial charge < -0.3 is 14.8 Å². The van der Waals surface area contributed by atoms with E-state index in [9.17, 15) is 4.79 Å². The van der Waals surface area contributed by atoms with Gasteiger partial charge in [0.15, 0.2) is 0 Å². The Morgan fingerprint density at radius 2 is 2.28 bits per heavy atom. The molecule has 0 fully saturated rings. The molecule has 0 unspecified atom stereocenters. The van der Waals surface area contributed by atoms with Gasteiger partial charge in [-0.15, -0.1) is 0 Å². The minimum Gasteiger partial charge on any atom is -0.491 e. The average molecular weight is 248 g/mol. The van der Waals surface area contributed by atoms with Crippen LogP contribution in [0.3, 0.4) is 0 Å². The lowest BCUT2D eigenvalue weighted by Gasteiger charge is -2.08. The van der Waals surface area contributed by atoms with Crippen LogP contribution in [0, 0.1) is 11.3 Å². The third-order valence-corrected chi connectivity index (χ3v) is 2.06. The van der Waals surface area contributed by atoms with Crippen LogP contribution in [0.5, 0.6) is 5.75 Å². The third-order valence-electron chi connectivity index (χ3n) is 2.06. The zero-order valence-electron chi connectivity index (χ0n) is 10.3. The van der Waals surface area contributed by atoms with Crippen molar-refractivity contribution in [3.63, 3.8) is 0 Å². The fourth-order valence-electron chi connectivity index (χ4n) is 1.30. The number of nitrogens with zero attached hydrogens (tertiary/aromatic N) is 1. The SMILES string of the molecule is CCOCCOc1cccc(NC(=O)CC#N)c1. The van der Waals surface area contributed by atoms with E-state index in [4.69, 9.17) is 14.7 Å². The second-order valence-electron chi connectivity index (χ2n) is 3.46. The molecule has 96 valence electrons. The predicted molar refractivity (Wildman–Crippen MR) is 67.3 cm³/mol. The summed E-state index contributed by atoms with van der Waals surface area (Å²) in [6, 6.07) is 8.81. The smallest absolute Gasteiger partial charge is 0.238 e. The van der Waals surface area contributed by atoms with E-state index in [1.54, 1.807) is 30.3 Å². The number of nitriles is 1. The van der Waals surface area contributed by atoms with E-state index in [2.05, 4.69) is 5.32 Å². The number of nitrogens with one attached hydrogen (secondary N) is 1. The lowest BCUT2D eigenvalue weighted by Crippen LogP contribution is -2.10. The van der Waals surface area contributed by atoms with Crippen LogP contribution < -0.4 is 10.1 Å². The number of amides is 1. The van der Waals surface area contributed by atoms with E-state index >= 15 is 0 Å². The van der Waals surface area contributed by atoms with Crippen LogP contribution in [0.2, 0.25) is 0 Å². The molecule has 1 N–H and O–H groups in total. The quantitative estimate of drug-likeness (QED) is 0.749. The molecule has 0 aliphatic rings. The van der Waals surface area contributed by atoms with Gasteiger partial charge in [0, 0.05) is 18.4 Å². The second kappa shape index (κ2) is 8.09. The zero-order chi connectivity index (χ0) is 13.2. The van der Waals surface area contributed by atoms with Crippen molar-refractivity contribution in [2.75, 3.05) is 25.1 Å². The van der Waals surface area contributed by atoms with Crippen molar-refractivity contribution < 1.29 is 14.3 Å². The van der Waals surface area contributed by atoms with Gasteiger partial charge in [0.05, 0.1) is 12.7 Å². The molecule has 5 heteroatoms. The highest BCUT2D eigenvalue weighted by atomic mass is 16.5. The van der Waals surface area contributed by atoms with E-state index in [-0.39, 0.29) is 12.3 Å². The van der Waals surface area contributed by atoms with Crippen LogP contribution in [0.4, 0.5) is 5.69 Å². The highest BCUT2D eigenvalue weighted by molar-refractivity contribution is 5.92. The van der Waals surface area contributed by atoms with Crippen LogP contribution in [-0.4, -0.2) is 25.7 Å². The molecule has 1 amide bonds. The summed E-state index contributed by atoms with van der Waals surface area (Å²) in [5.41, 5.74) is 0.615. The minimum absolute atomic E-state index is 0.157. The average Bonchev–Trinajstić information content (AvgIpc) is 2.35. The molecule has 0 saturated carbocycles. The predicted octanol–water partition coefficient (Wildman–Crippen LogP) is 1.95. The Bertz CT molecular complexity index is 426. The first-order valence-corrected chi connectivity index (χ1v) is 5.73. The lowest BCUT2D eigenvalue weighted by molar-refractivity contribution is -0.115. The number of rotatable bonds is 7. The number of hydrogen-bond acceptors (Lipinski definition) is 4. The number of ether oxygens (including phenoxy) is 2. The Morgan fingerprint density at radius 3 is 3.00 bits per heavy atom. The van der Waals surface area contributed by atoms with Crippen molar-refractivity contribution in [3.8, 4) is 11.8 Å². The number of anilines is 1. The first-order valence-electron chi connectivity index (χ1n) is 5.73. The first-order chi connectivity index (χ1) is 8.76. The summed E-state index contributed by atoms with van der Waals surface area (Å²) >= 11 is 0. The Labute approximate surface area is 106 Å². The fraction of sp³-hybridized carbons (Fsp3) is 0.385. The summed E-state index contributed by atoms with van der Waals surface area (Å²) in [6.45, 7) is 3.57. The number of hydrogen-bond donors (Lipinski definition) is 1. The van der Waals surface area contributed by atoms with Crippen molar-refractivity contribution in [1.82, 2.24) is 0 Å². The molecule has 0 aromatic heterocycles. The van der Waals surface area contributed by atoms with Crippen LogP contribution in [0.1, 0.15) is 13.3 Å². The second-order valence-corrected chi connectivity index (χ2v) is 3.46. The number of carbonyl (C=O) groups is 1. The molecule has 5 nitrogen and oxygen atoms in total. The summed E-state index contributed by atoms with van der Waals surface area (Å²) in [7, 11) is 0. The highest BCUT2D eigenvalue weighted by Crippen LogP contribution is 2.17. The Hall–Kier alpha value is -2.06. The first kappa shape index (κ1) is 14.0. The van der Waals surface area contributed by atoms with E-state index in [0.717, 1.165) is 0 Å². The maximum Gasteiger partial charge on any atom is 0.238 e. The number of benzene rings is 1. The molecule has 0 aliphatic carbocycles. The summed E-state index contributed by atoms with van der Waals surface area (Å²) in [5, 5.41) is 11.0. The summed E-state index contributed by atoms with van der Waals surface area (Å²) < 4.78 is 10.6. The summed E-state index contributed by atoms with van der Waals surface area (Å²) in [4.78, 5) is 11.2. The van der Waals surface area contributed by atoms with Crippen molar-refractivity contribution >= 4 is 11.6 Å². The van der Waals surface area contributed by atoms with E-state index in [1.165, 1.54) is 0 Å². The van der Waals surface area contributed by atoms with E-state index < -0.39 is 0 Å². The molecule has 1 aromatic rings. The fourth-order valence-corrected chi connectivity index (χ4v) is 1.30. The van der Waals surface area contributed by atoms with E-state index in [0.29, 0.717) is 31.3 Å². The molecule has 1 aromatic carbocycles. The van der Waals surface area contributed by atoms with Gasteiger partial charge in [0.2, 0.25) is 5.91 Å². The molecule has 18 heavy (non-hydrogen) atoms. The molecular formula is C13H16N2O3. The van der Waals surface area contributed by atoms with Crippen LogP contribution in [0.25, 0.3) is 0 Å². The zero-order valence-corrected chi connectivity index (χ0v) is 10.3. The third kappa shape index (κ3) is 5.32. The molecule has 0 atom stereocenters. The largest absolute Gasteiger partial charge is 0.491 e. The molecule has 0 bridgehead atoms. The maximum absolute atomic E-state index is 11.2. The van der Waals surface area contributed by atoms with Crippen LogP contribution >= 0.6 is 0 Å². The monoisotopic (exact) mass is 248 g/mol. The standard InChI is InChI=1S/C13H16N2O3/c1-2-17-8-9-18-12-5-3-4-11(10-12)15-13(16)6-7-14/h3-5,10H,2,6,8-9H2,1H3,(H,15,16). The van der Waals surface area contributed by atoms with Gasteiger partial charge in [-0.3, -0.25) is 4.79 Å². The summed E-state index contributed by atoms with van der Waals surface area (Å²) in [6.07, 6.45) is -0.157. The Kier molecular flexibility index (Phi) is 6.30. The molecule has 0 spiro atoms.